The minimum Gasteiger partial charge on any atom is -0.481 e. The summed E-state index contributed by atoms with van der Waals surface area (Å²) >= 11 is 0. The number of nitrogens with zero attached hydrogens (tertiary/aromatic N) is 3. The fourth-order valence-corrected chi connectivity index (χ4v) is 3.86. The van der Waals surface area contributed by atoms with Gasteiger partial charge in [-0.05, 0) is 50.1 Å². The Labute approximate surface area is 187 Å². The maximum absolute atomic E-state index is 12.2. The highest BCUT2D eigenvalue weighted by molar-refractivity contribution is 5.86. The highest BCUT2D eigenvalue weighted by atomic mass is 16.5. The van der Waals surface area contributed by atoms with Gasteiger partial charge in [-0.15, -0.1) is 0 Å². The van der Waals surface area contributed by atoms with Crippen LogP contribution < -0.4 is 10.2 Å². The first-order chi connectivity index (χ1) is 15.6. The van der Waals surface area contributed by atoms with Crippen LogP contribution in [-0.4, -0.2) is 28.3 Å². The van der Waals surface area contributed by atoms with Gasteiger partial charge < -0.3 is 9.30 Å². The zero-order valence-electron chi connectivity index (χ0n) is 18.5. The molecular weight excluding hydrogens is 400 g/mol. The molecule has 32 heavy (non-hydrogen) atoms. The second-order valence-corrected chi connectivity index (χ2v) is 7.56. The van der Waals surface area contributed by atoms with E-state index in [1.165, 1.54) is 11.3 Å². The van der Waals surface area contributed by atoms with E-state index in [9.17, 15) is 4.79 Å². The molecule has 4 aromatic rings. The molecule has 0 aliphatic rings. The Hall–Kier alpha value is -3.93. The van der Waals surface area contributed by atoms with Gasteiger partial charge in [0.05, 0.1) is 6.21 Å². The van der Waals surface area contributed by atoms with Crippen LogP contribution in [0.15, 0.2) is 72.0 Å². The van der Waals surface area contributed by atoms with E-state index in [2.05, 4.69) is 65.1 Å². The normalized spacial score (nSPS) is 11.2. The topological polar surface area (TPSA) is 68.5 Å². The van der Waals surface area contributed by atoms with Crippen molar-refractivity contribution in [2.45, 2.75) is 27.2 Å². The van der Waals surface area contributed by atoms with Crippen LogP contribution in [-0.2, 0) is 11.2 Å². The monoisotopic (exact) mass is 426 g/mol. The second kappa shape index (κ2) is 9.47. The number of para-hydroxylation sites is 2. The Morgan fingerprint density at radius 1 is 1.12 bits per heavy atom. The van der Waals surface area contributed by atoms with Gasteiger partial charge in [-0.2, -0.15) is 5.10 Å². The first-order valence-electron chi connectivity index (χ1n) is 10.6. The van der Waals surface area contributed by atoms with Crippen molar-refractivity contribution in [1.29, 1.82) is 0 Å². The summed E-state index contributed by atoms with van der Waals surface area (Å²) in [5.74, 6) is 0.236. The lowest BCUT2D eigenvalue weighted by molar-refractivity contribution is -0.123. The van der Waals surface area contributed by atoms with Crippen LogP contribution in [0.5, 0.6) is 5.75 Å². The second-order valence-electron chi connectivity index (χ2n) is 7.56. The van der Waals surface area contributed by atoms with Crippen LogP contribution in [0, 0.1) is 13.8 Å². The third-order valence-corrected chi connectivity index (χ3v) is 5.43. The molecule has 4 rings (SSSR count). The minimum atomic E-state index is -0.334. The molecule has 1 amide bonds. The molecule has 0 fully saturated rings. The number of aromatic nitrogens is 2. The molecule has 2 aromatic carbocycles. The molecule has 0 radical (unpaired) electrons. The summed E-state index contributed by atoms with van der Waals surface area (Å²) in [5, 5.41) is 5.10. The summed E-state index contributed by atoms with van der Waals surface area (Å²) in [6.45, 7) is 6.14. The molecule has 162 valence electrons. The first-order valence-corrected chi connectivity index (χ1v) is 10.6. The third-order valence-electron chi connectivity index (χ3n) is 5.43. The van der Waals surface area contributed by atoms with Gasteiger partial charge >= 0.3 is 0 Å². The minimum absolute atomic E-state index is 0.143. The Kier molecular flexibility index (Phi) is 6.31. The lowest BCUT2D eigenvalue weighted by atomic mass is 10.1. The van der Waals surface area contributed by atoms with Crippen molar-refractivity contribution in [2.24, 2.45) is 5.10 Å². The molecule has 0 saturated heterocycles. The van der Waals surface area contributed by atoms with E-state index in [1.807, 2.05) is 30.3 Å². The third kappa shape index (κ3) is 4.39. The van der Waals surface area contributed by atoms with Gasteiger partial charge in [0.1, 0.15) is 11.3 Å². The number of amides is 1. The van der Waals surface area contributed by atoms with E-state index < -0.39 is 0 Å². The van der Waals surface area contributed by atoms with Gasteiger partial charge in [-0.1, -0.05) is 43.3 Å². The maximum Gasteiger partial charge on any atom is 0.277 e. The summed E-state index contributed by atoms with van der Waals surface area (Å²) in [4.78, 5) is 16.6. The molecule has 6 nitrogen and oxygen atoms in total. The maximum atomic E-state index is 12.2. The Balaban J connectivity index is 1.42. The number of ether oxygens (including phenoxy) is 1. The summed E-state index contributed by atoms with van der Waals surface area (Å²) in [5.41, 5.74) is 8.86. The van der Waals surface area contributed by atoms with E-state index in [4.69, 9.17) is 4.74 Å². The lowest BCUT2D eigenvalue weighted by Crippen LogP contribution is -2.24. The van der Waals surface area contributed by atoms with Gasteiger partial charge in [-0.25, -0.2) is 5.43 Å². The van der Waals surface area contributed by atoms with Crippen molar-refractivity contribution in [1.82, 2.24) is 15.0 Å². The van der Waals surface area contributed by atoms with Crippen LogP contribution in [0.2, 0.25) is 0 Å². The molecule has 0 spiro atoms. The average molecular weight is 427 g/mol. The highest BCUT2D eigenvalue weighted by Gasteiger charge is 2.12. The number of aryl methyl sites for hydroxylation is 2. The molecular formula is C26H26N4O2. The van der Waals surface area contributed by atoms with E-state index in [0.717, 1.165) is 34.3 Å². The Morgan fingerprint density at radius 3 is 2.78 bits per heavy atom. The molecule has 0 atom stereocenters. The zero-order chi connectivity index (χ0) is 22.5. The number of pyridine rings is 1. The fraction of sp³-hybridized carbons (Fsp3) is 0.192. The molecule has 0 aliphatic carbocycles. The molecule has 2 heterocycles. The predicted molar refractivity (Wildman–Crippen MR) is 128 cm³/mol. The Morgan fingerprint density at radius 2 is 1.94 bits per heavy atom. The van der Waals surface area contributed by atoms with Gasteiger partial charge in [0.2, 0.25) is 0 Å². The number of hydrazone groups is 1. The zero-order valence-corrected chi connectivity index (χ0v) is 18.5. The molecule has 0 unspecified atom stereocenters. The van der Waals surface area contributed by atoms with E-state index in [0.29, 0.717) is 5.75 Å². The number of carbonyl (C=O) groups is 1. The summed E-state index contributed by atoms with van der Waals surface area (Å²) < 4.78 is 7.88. The van der Waals surface area contributed by atoms with E-state index in [1.54, 1.807) is 18.5 Å². The van der Waals surface area contributed by atoms with Crippen molar-refractivity contribution < 1.29 is 9.53 Å². The lowest BCUT2D eigenvalue weighted by Gasteiger charge is -2.13. The molecule has 2 aromatic heterocycles. The van der Waals surface area contributed by atoms with E-state index in [-0.39, 0.29) is 12.5 Å². The molecule has 0 saturated carbocycles. The van der Waals surface area contributed by atoms with Crippen molar-refractivity contribution >= 4 is 23.0 Å². The molecule has 0 aliphatic heterocycles. The average Bonchev–Trinajstić information content (AvgIpc) is 3.10. The summed E-state index contributed by atoms with van der Waals surface area (Å²) in [7, 11) is 0. The van der Waals surface area contributed by atoms with Crippen LogP contribution >= 0.6 is 0 Å². The van der Waals surface area contributed by atoms with E-state index >= 15 is 0 Å². The largest absolute Gasteiger partial charge is 0.481 e. The van der Waals surface area contributed by atoms with Crippen LogP contribution in [0.4, 0.5) is 0 Å². The van der Waals surface area contributed by atoms with Crippen molar-refractivity contribution in [2.75, 3.05) is 6.61 Å². The number of nitrogens with one attached hydrogen (secondary N) is 1. The first kappa shape index (κ1) is 21.3. The number of fused-ring (bicyclic) bond motifs is 1. The quantitative estimate of drug-likeness (QED) is 0.343. The highest BCUT2D eigenvalue weighted by Crippen LogP contribution is 2.24. The van der Waals surface area contributed by atoms with Gasteiger partial charge in [0.15, 0.2) is 6.61 Å². The predicted octanol–water partition coefficient (Wildman–Crippen LogP) is 4.73. The standard InChI is InChI=1S/C26H26N4O2/c1-4-20-9-5-6-12-23(20)30-18(2)15-22(19(30)3)16-28-29-25(31)17-32-24-13-7-10-21-11-8-14-27-26(21)24/h5-16H,4,17H2,1-3H3,(H,29,31)/b28-16-. The van der Waals surface area contributed by atoms with Crippen LogP contribution in [0.25, 0.3) is 16.6 Å². The molecule has 1 N–H and O–H groups in total. The number of rotatable bonds is 7. The molecule has 0 bridgehead atoms. The van der Waals surface area contributed by atoms with Gasteiger partial charge in [-0.3, -0.25) is 9.78 Å². The van der Waals surface area contributed by atoms with Crippen LogP contribution in [0.3, 0.4) is 0 Å². The van der Waals surface area contributed by atoms with Crippen molar-refractivity contribution in [3.63, 3.8) is 0 Å². The number of hydrogen-bond acceptors (Lipinski definition) is 4. The SMILES string of the molecule is CCc1ccccc1-n1c(C)cc(/C=N\NC(=O)COc2cccc3cccnc23)c1C. The summed E-state index contributed by atoms with van der Waals surface area (Å²) in [6, 6.07) is 19.9. The van der Waals surface area contributed by atoms with Gasteiger partial charge in [0.25, 0.3) is 5.91 Å². The Bertz CT molecular complexity index is 1280. The summed E-state index contributed by atoms with van der Waals surface area (Å²) in [6.07, 6.45) is 4.33. The van der Waals surface area contributed by atoms with Crippen molar-refractivity contribution in [3.8, 4) is 11.4 Å². The fourth-order valence-electron chi connectivity index (χ4n) is 3.86. The van der Waals surface area contributed by atoms with Gasteiger partial charge in [0, 0.05) is 34.2 Å². The number of hydrogen-bond donors (Lipinski definition) is 1. The van der Waals surface area contributed by atoms with Crippen molar-refractivity contribution in [3.05, 3.63) is 89.4 Å². The van der Waals surface area contributed by atoms with Crippen LogP contribution in [0.1, 0.15) is 29.4 Å². The smallest absolute Gasteiger partial charge is 0.277 e. The molecule has 6 heteroatoms. The number of carbonyl (C=O) groups excluding carboxylic acids is 1. The number of benzene rings is 2.